The van der Waals surface area contributed by atoms with E-state index in [2.05, 4.69) is 306 Å². The maximum atomic E-state index is 7.10. The summed E-state index contributed by atoms with van der Waals surface area (Å²) in [5.41, 5.74) is 21.7. The Morgan fingerprint density at radius 1 is 0.348 bits per heavy atom. The summed E-state index contributed by atoms with van der Waals surface area (Å²) in [7, 11) is 0. The zero-order valence-electron chi connectivity index (χ0n) is 50.5. The third kappa shape index (κ3) is 7.22. The molecule has 0 atom stereocenters. The standard InChI is InChI=1S/C84H62N2O2S/c1-49(2)51-37-41-53(42-38-51)85(70-32-19-26-61-57-22-9-16-34-73(57)87-80(61)70)55-45-46-60-64(47-55)56-21-7-8-24-59(56)77-78-69(84(79(60)77)67-30-14-12-28-65(67)83(5,6)66-29-13-15-31-68(66)84)48-72(76-63-25-11-18-36-75(63)89-82(76)78)86(54-43-39-52(40-44-54)50(3)4)71-33-20-27-62-58-23-10-17-35-74(58)88-81(62)71/h7-50H,1-6H3. The second-order valence-corrected chi connectivity index (χ2v) is 26.8. The summed E-state index contributed by atoms with van der Waals surface area (Å²) >= 11 is 1.93. The Balaban J connectivity index is 1.00. The molecule has 3 heterocycles. The molecule has 0 N–H and O–H groups in total. The smallest absolute Gasteiger partial charge is 0.159 e. The topological polar surface area (TPSA) is 32.8 Å². The van der Waals surface area contributed by atoms with Gasteiger partial charge in [-0.3, -0.25) is 0 Å². The van der Waals surface area contributed by atoms with Gasteiger partial charge in [0.2, 0.25) is 0 Å². The highest BCUT2D eigenvalue weighted by molar-refractivity contribution is 7.26. The Morgan fingerprint density at radius 3 is 1.40 bits per heavy atom. The van der Waals surface area contributed by atoms with Gasteiger partial charge in [-0.15, -0.1) is 11.3 Å². The van der Waals surface area contributed by atoms with Crippen LogP contribution in [0.1, 0.15) is 97.9 Å². The molecular formula is C84H62N2O2S. The number of hydrogen-bond donors (Lipinski definition) is 0. The lowest BCUT2D eigenvalue weighted by atomic mass is 9.55. The van der Waals surface area contributed by atoms with Gasteiger partial charge in [0.1, 0.15) is 11.2 Å². The van der Waals surface area contributed by atoms with Crippen molar-refractivity contribution in [3.63, 3.8) is 0 Å². The average Bonchev–Trinajstić information content (AvgIpc) is 1.52. The van der Waals surface area contributed by atoms with E-state index in [0.29, 0.717) is 11.8 Å². The first-order valence-electron chi connectivity index (χ1n) is 31.4. The van der Waals surface area contributed by atoms with Crippen LogP contribution in [-0.2, 0) is 10.8 Å². The molecule has 2 aliphatic carbocycles. The van der Waals surface area contributed by atoms with Gasteiger partial charge < -0.3 is 18.6 Å². The molecule has 0 fully saturated rings. The van der Waals surface area contributed by atoms with Crippen LogP contribution in [0.15, 0.2) is 264 Å². The third-order valence-electron chi connectivity index (χ3n) is 20.1. The Bertz CT molecular complexity index is 5570. The number of thiophene rings is 1. The Labute approximate surface area is 521 Å². The van der Waals surface area contributed by atoms with Crippen LogP contribution in [0.25, 0.3) is 96.7 Å². The molecule has 5 heteroatoms. The van der Waals surface area contributed by atoms with E-state index < -0.39 is 5.41 Å². The highest BCUT2D eigenvalue weighted by Crippen LogP contribution is 2.68. The summed E-state index contributed by atoms with van der Waals surface area (Å²) in [5.74, 6) is 0.751. The molecule has 89 heavy (non-hydrogen) atoms. The molecule has 4 nitrogen and oxygen atoms in total. The Kier molecular flexibility index (Phi) is 11.2. The van der Waals surface area contributed by atoms with Crippen LogP contribution in [0, 0.1) is 0 Å². The van der Waals surface area contributed by atoms with E-state index in [1.54, 1.807) is 0 Å². The van der Waals surface area contributed by atoms with Crippen molar-refractivity contribution in [2.75, 3.05) is 9.80 Å². The lowest BCUT2D eigenvalue weighted by Crippen LogP contribution is -2.40. The monoisotopic (exact) mass is 1160 g/mol. The van der Waals surface area contributed by atoms with Crippen LogP contribution in [0.5, 0.6) is 0 Å². The molecule has 0 unspecified atom stereocenters. The quantitative estimate of drug-likeness (QED) is 0.142. The van der Waals surface area contributed by atoms with Crippen LogP contribution < -0.4 is 9.80 Å². The van der Waals surface area contributed by atoms with Gasteiger partial charge in [0.15, 0.2) is 11.2 Å². The number of para-hydroxylation sites is 4. The minimum Gasteiger partial charge on any atom is -0.454 e. The molecule has 16 aromatic rings. The second-order valence-electron chi connectivity index (χ2n) is 25.8. The molecule has 426 valence electrons. The Morgan fingerprint density at radius 2 is 0.820 bits per heavy atom. The van der Waals surface area contributed by atoms with Crippen molar-refractivity contribution in [1.29, 1.82) is 0 Å². The molecule has 0 amide bonds. The fourth-order valence-electron chi connectivity index (χ4n) is 15.9. The van der Waals surface area contributed by atoms with Gasteiger partial charge in [-0.1, -0.05) is 224 Å². The number of fused-ring (bicyclic) bond motifs is 24. The third-order valence-corrected chi connectivity index (χ3v) is 21.2. The largest absolute Gasteiger partial charge is 0.454 e. The summed E-state index contributed by atoms with van der Waals surface area (Å²) in [4.78, 5) is 4.96. The van der Waals surface area contributed by atoms with Crippen LogP contribution in [0.2, 0.25) is 0 Å². The first-order chi connectivity index (χ1) is 43.6. The molecule has 0 bridgehead atoms. The minimum atomic E-state index is -0.805. The van der Waals surface area contributed by atoms with Gasteiger partial charge in [0.25, 0.3) is 0 Å². The van der Waals surface area contributed by atoms with Crippen molar-refractivity contribution in [2.45, 2.75) is 64.2 Å². The second kappa shape index (κ2) is 19.1. The van der Waals surface area contributed by atoms with Crippen molar-refractivity contribution in [1.82, 2.24) is 0 Å². The number of anilines is 6. The van der Waals surface area contributed by atoms with E-state index in [1.165, 1.54) is 97.4 Å². The van der Waals surface area contributed by atoms with Gasteiger partial charge in [-0.2, -0.15) is 0 Å². The predicted molar refractivity (Wildman–Crippen MR) is 376 cm³/mol. The summed E-state index contributed by atoms with van der Waals surface area (Å²) in [5, 5.41) is 11.7. The summed E-state index contributed by atoms with van der Waals surface area (Å²) in [6.45, 7) is 13.9. The summed E-state index contributed by atoms with van der Waals surface area (Å²) < 4.78 is 16.5. The van der Waals surface area contributed by atoms with Crippen LogP contribution >= 0.6 is 11.3 Å². The number of hydrogen-bond acceptors (Lipinski definition) is 5. The average molecular weight is 1160 g/mol. The van der Waals surface area contributed by atoms with E-state index in [9.17, 15) is 0 Å². The van der Waals surface area contributed by atoms with E-state index in [-0.39, 0.29) is 5.41 Å². The van der Waals surface area contributed by atoms with Crippen molar-refractivity contribution in [3.05, 3.63) is 299 Å². The molecule has 1 spiro atoms. The number of benzene rings is 13. The van der Waals surface area contributed by atoms with E-state index in [1.807, 2.05) is 11.3 Å². The van der Waals surface area contributed by atoms with Gasteiger partial charge in [0, 0.05) is 69.8 Å². The van der Waals surface area contributed by atoms with Gasteiger partial charge in [-0.05, 0) is 156 Å². The zero-order valence-corrected chi connectivity index (χ0v) is 51.3. The van der Waals surface area contributed by atoms with E-state index in [4.69, 9.17) is 8.83 Å². The molecule has 0 radical (unpaired) electrons. The van der Waals surface area contributed by atoms with Crippen molar-refractivity contribution >= 4 is 131 Å². The molecule has 18 rings (SSSR count). The van der Waals surface area contributed by atoms with Gasteiger partial charge >= 0.3 is 0 Å². The summed E-state index contributed by atoms with van der Waals surface area (Å²) in [6.07, 6.45) is 0. The van der Waals surface area contributed by atoms with Crippen molar-refractivity contribution in [2.24, 2.45) is 0 Å². The molecule has 2 aliphatic rings. The van der Waals surface area contributed by atoms with Gasteiger partial charge in [0.05, 0.1) is 22.5 Å². The number of rotatable bonds is 8. The minimum absolute atomic E-state index is 0.323. The van der Waals surface area contributed by atoms with Crippen LogP contribution in [0.4, 0.5) is 34.1 Å². The predicted octanol–water partition coefficient (Wildman–Crippen LogP) is 24.3. The van der Waals surface area contributed by atoms with Crippen LogP contribution in [0.3, 0.4) is 0 Å². The SMILES string of the molecule is CC(C)c1ccc(N(c2ccc3c4c(c5ccccc5c3c2)-c2c(cc(N(c3ccc(C(C)C)cc3)c3cccc5c3oc3ccccc35)c3c2sc2ccccc23)C42c3ccccc3C(C)(C)c3ccccc32)c2cccc3c2oc2ccccc23)cc1. The first kappa shape index (κ1) is 52.0. The lowest BCUT2D eigenvalue weighted by Gasteiger charge is -2.47. The molecule has 0 aliphatic heterocycles. The first-order valence-corrected chi connectivity index (χ1v) is 32.2. The highest BCUT2D eigenvalue weighted by Gasteiger charge is 2.55. The van der Waals surface area contributed by atoms with Crippen LogP contribution in [-0.4, -0.2) is 0 Å². The van der Waals surface area contributed by atoms with E-state index >= 15 is 0 Å². The molecule has 0 saturated carbocycles. The lowest BCUT2D eigenvalue weighted by molar-refractivity contribution is 0.565. The fourth-order valence-corrected chi connectivity index (χ4v) is 17.2. The molecule has 13 aromatic carbocycles. The van der Waals surface area contributed by atoms with E-state index in [0.717, 1.165) is 78.0 Å². The maximum absolute atomic E-state index is 7.10. The number of furan rings is 2. The fraction of sp³-hybridized carbons (Fsp3) is 0.119. The zero-order chi connectivity index (χ0) is 59.6. The summed E-state index contributed by atoms with van der Waals surface area (Å²) in [6, 6.07) is 95.8. The van der Waals surface area contributed by atoms with Crippen molar-refractivity contribution < 1.29 is 8.83 Å². The Hall–Kier alpha value is -10.2. The number of nitrogens with zero attached hydrogens (tertiary/aromatic N) is 2. The van der Waals surface area contributed by atoms with Gasteiger partial charge in [-0.25, -0.2) is 0 Å². The van der Waals surface area contributed by atoms with Crippen molar-refractivity contribution in [3.8, 4) is 11.1 Å². The molecule has 0 saturated heterocycles. The highest BCUT2D eigenvalue weighted by atomic mass is 32.1. The normalized spacial score (nSPS) is 13.9. The maximum Gasteiger partial charge on any atom is 0.159 e. The molecular weight excluding hydrogens is 1100 g/mol. The molecule has 3 aromatic heterocycles.